The van der Waals surface area contributed by atoms with Crippen LogP contribution in [0.3, 0.4) is 0 Å². The Labute approximate surface area is 61.5 Å². The molecule has 2 radical (unpaired) electrons. The predicted molar refractivity (Wildman–Crippen MR) is 36.4 cm³/mol. The molecule has 0 spiro atoms. The van der Waals surface area contributed by atoms with E-state index in [4.69, 9.17) is 9.22 Å². The average Bonchev–Trinajstić information content (AvgIpc) is 2.18. The molecule has 10 heavy (non-hydrogen) atoms. The second kappa shape index (κ2) is 2.69. The largest absolute Gasteiger partial charge is 0.276 e. The molecule has 0 aliphatic carbocycles. The fourth-order valence-electron chi connectivity index (χ4n) is 0.716. The lowest BCUT2D eigenvalue weighted by Crippen LogP contribution is -2.30. The van der Waals surface area contributed by atoms with Crippen LogP contribution < -0.4 is 0 Å². The van der Waals surface area contributed by atoms with Crippen LogP contribution in [0.4, 0.5) is 0 Å². The quantitative estimate of drug-likeness (QED) is 0.379. The van der Waals surface area contributed by atoms with Gasteiger partial charge in [-0.3, -0.25) is 14.5 Å². The Bertz CT molecular complexity index is 209. The van der Waals surface area contributed by atoms with E-state index in [0.29, 0.717) is 0 Å². The zero-order valence-corrected chi connectivity index (χ0v) is 5.28. The van der Waals surface area contributed by atoms with E-state index in [1.165, 1.54) is 12.2 Å². The molecule has 0 aromatic heterocycles. The lowest BCUT2D eigenvalue weighted by Gasteiger charge is -2.10. The van der Waals surface area contributed by atoms with Gasteiger partial charge < -0.3 is 0 Å². The summed E-state index contributed by atoms with van der Waals surface area (Å²) in [6.45, 7) is -0.0370. The number of carbonyl (C=O) groups excluding carboxylic acids is 2. The highest BCUT2D eigenvalue weighted by Gasteiger charge is 2.21. The fraction of sp³-hybridized carbons (Fsp3) is 0.333. The first kappa shape index (κ1) is 5.71. The summed E-state index contributed by atoms with van der Waals surface area (Å²) < 4.78 is 6.93. The van der Waals surface area contributed by atoms with Gasteiger partial charge in [0.1, 0.15) is 0 Å². The number of carbonyl (C=O) groups is 2. The Morgan fingerprint density at radius 3 is 2.40 bits per heavy atom. The molecule has 0 unspecified atom stereocenters. The topological polar surface area (TPSA) is 37.4 Å². The van der Waals surface area contributed by atoms with E-state index in [2.05, 4.69) is 0 Å². The number of rotatable bonds is 2. The minimum Gasteiger partial charge on any atom is -0.276 e. The molecule has 0 aromatic carbocycles. The van der Waals surface area contributed by atoms with Crippen molar-refractivity contribution in [3.63, 3.8) is 0 Å². The van der Waals surface area contributed by atoms with Gasteiger partial charge in [-0.2, -0.15) is 0 Å². The van der Waals surface area contributed by atoms with Crippen molar-refractivity contribution in [3.8, 4) is 0 Å². The van der Waals surface area contributed by atoms with Crippen molar-refractivity contribution >= 4 is 19.7 Å². The van der Waals surface area contributed by atoms with Crippen molar-refractivity contribution in [2.24, 2.45) is 0 Å². The van der Waals surface area contributed by atoms with Gasteiger partial charge in [0.2, 0.25) is 0 Å². The van der Waals surface area contributed by atoms with Crippen molar-refractivity contribution in [1.82, 2.24) is 4.90 Å². The minimum atomic E-state index is -0.914. The first-order valence-corrected chi connectivity index (χ1v) is 2.82. The van der Waals surface area contributed by atoms with E-state index in [1.54, 1.807) is 0 Å². The molecule has 2 amide bonds. The summed E-state index contributed by atoms with van der Waals surface area (Å²) >= 11 is 0. The third kappa shape index (κ3) is 1.10. The van der Waals surface area contributed by atoms with Gasteiger partial charge in [0.05, 0.1) is 7.85 Å². The van der Waals surface area contributed by atoms with Crippen LogP contribution in [0.5, 0.6) is 0 Å². The van der Waals surface area contributed by atoms with E-state index >= 15 is 0 Å². The third-order valence-corrected chi connectivity index (χ3v) is 1.19. The lowest BCUT2D eigenvalue weighted by molar-refractivity contribution is -0.136. The normalized spacial score (nSPS) is 21.6. The van der Waals surface area contributed by atoms with Gasteiger partial charge in [-0.15, -0.1) is 0 Å². The molecular formula is C6H6BNO2. The van der Waals surface area contributed by atoms with Crippen molar-refractivity contribution < 1.29 is 11.0 Å². The summed E-state index contributed by atoms with van der Waals surface area (Å²) in [5.74, 6) is -0.782. The van der Waals surface area contributed by atoms with Crippen molar-refractivity contribution in [1.29, 1.82) is 0 Å². The Kier molecular flexibility index (Phi) is 1.53. The van der Waals surface area contributed by atoms with Crippen LogP contribution in [0.15, 0.2) is 12.2 Å². The molecule has 4 heteroatoms. The Morgan fingerprint density at radius 1 is 1.50 bits per heavy atom. The van der Waals surface area contributed by atoms with Crippen LogP contribution >= 0.6 is 0 Å². The van der Waals surface area contributed by atoms with Gasteiger partial charge in [-0.05, 0) is 0 Å². The average molecular weight is 136 g/mol. The molecule has 0 N–H and O–H groups in total. The number of hydrogen-bond donors (Lipinski definition) is 0. The molecule has 1 aliphatic heterocycles. The Hall–Kier alpha value is -1.06. The molecule has 1 aliphatic rings. The second-order valence-electron chi connectivity index (χ2n) is 1.86. The van der Waals surface area contributed by atoms with Crippen molar-refractivity contribution in [3.05, 3.63) is 12.2 Å². The van der Waals surface area contributed by atoms with Crippen LogP contribution in [0.25, 0.3) is 0 Å². The maximum atomic E-state index is 10.8. The van der Waals surface area contributed by atoms with Gasteiger partial charge in [-0.25, -0.2) is 0 Å². The van der Waals surface area contributed by atoms with E-state index in [-0.39, 0.29) is 6.54 Å². The number of imide groups is 1. The SMILES string of the molecule is [2H][C@@H]([B])CN1C(=O)C=CC1=O. The van der Waals surface area contributed by atoms with Gasteiger partial charge in [-0.1, -0.05) is 6.30 Å². The van der Waals surface area contributed by atoms with Crippen molar-refractivity contribution in [2.45, 2.75) is 6.30 Å². The summed E-state index contributed by atoms with van der Waals surface area (Å²) in [7, 11) is 5.09. The molecule has 3 nitrogen and oxygen atoms in total. The number of hydrogen-bond acceptors (Lipinski definition) is 2. The highest BCUT2D eigenvalue weighted by Crippen LogP contribution is 2.02. The van der Waals surface area contributed by atoms with Gasteiger partial charge in [0.15, 0.2) is 0 Å². The molecule has 0 fully saturated rings. The number of amides is 2. The second-order valence-corrected chi connectivity index (χ2v) is 1.86. The molecule has 0 bridgehead atoms. The molecule has 1 atom stereocenters. The van der Waals surface area contributed by atoms with E-state index in [1.807, 2.05) is 0 Å². The summed E-state index contributed by atoms with van der Waals surface area (Å²) in [5.41, 5.74) is 0. The summed E-state index contributed by atoms with van der Waals surface area (Å²) in [5, 5.41) is 0. The highest BCUT2D eigenvalue weighted by atomic mass is 16.2. The monoisotopic (exact) mass is 136 g/mol. The maximum absolute atomic E-state index is 10.8. The molecule has 0 saturated heterocycles. The minimum absolute atomic E-state index is 0.0370. The predicted octanol–water partition coefficient (Wildman–Crippen LogP) is -0.502. The van der Waals surface area contributed by atoms with Crippen molar-refractivity contribution in [2.75, 3.05) is 6.54 Å². The lowest BCUT2D eigenvalue weighted by atomic mass is 10.1. The van der Waals surface area contributed by atoms with E-state index < -0.39 is 18.1 Å². The molecular weight excluding hydrogens is 129 g/mol. The van der Waals surface area contributed by atoms with Crippen LogP contribution in [-0.4, -0.2) is 31.1 Å². The fourth-order valence-corrected chi connectivity index (χ4v) is 0.716. The van der Waals surface area contributed by atoms with Gasteiger partial charge in [0.25, 0.3) is 11.8 Å². The van der Waals surface area contributed by atoms with Gasteiger partial charge in [0, 0.05) is 20.1 Å². The summed E-state index contributed by atoms with van der Waals surface area (Å²) in [4.78, 5) is 22.5. The third-order valence-electron chi connectivity index (χ3n) is 1.19. The molecule has 1 heterocycles. The first-order chi connectivity index (χ1) is 5.11. The maximum Gasteiger partial charge on any atom is 0.253 e. The molecule has 0 saturated carbocycles. The van der Waals surface area contributed by atoms with Crippen LogP contribution in [0.1, 0.15) is 1.37 Å². The van der Waals surface area contributed by atoms with Crippen LogP contribution in [-0.2, 0) is 9.59 Å². The summed E-state index contributed by atoms with van der Waals surface area (Å²) in [6, 6.07) is 0. The Balaban J connectivity index is 2.59. The summed E-state index contributed by atoms with van der Waals surface area (Å²) in [6.07, 6.45) is 1.43. The molecule has 1 rings (SSSR count). The zero-order chi connectivity index (χ0) is 8.43. The smallest absolute Gasteiger partial charge is 0.253 e. The molecule has 0 aromatic rings. The Morgan fingerprint density at radius 2 is 2.00 bits per heavy atom. The standard InChI is InChI=1S/C6H6BNO2/c7-3-4-8-5(9)1-2-6(8)10/h1-2H,3-4H2/i3D/t3-/m1/s1. The molecule has 50 valence electrons. The van der Waals surface area contributed by atoms with E-state index in [0.717, 1.165) is 4.90 Å². The number of nitrogens with zero attached hydrogens (tertiary/aromatic N) is 1. The van der Waals surface area contributed by atoms with Crippen LogP contribution in [0, 0.1) is 0 Å². The zero-order valence-electron chi connectivity index (χ0n) is 6.28. The highest BCUT2D eigenvalue weighted by molar-refractivity contribution is 6.14. The first-order valence-electron chi connectivity index (χ1n) is 3.40. The van der Waals surface area contributed by atoms with Gasteiger partial charge >= 0.3 is 0 Å². The van der Waals surface area contributed by atoms with E-state index in [9.17, 15) is 9.59 Å². The van der Waals surface area contributed by atoms with Crippen LogP contribution in [0.2, 0.25) is 6.30 Å².